The Labute approximate surface area is 214 Å². The number of halogens is 1. The molecular formula is C26H33BrN4O4. The van der Waals surface area contributed by atoms with Crippen LogP contribution in [0.3, 0.4) is 0 Å². The lowest BCUT2D eigenvalue weighted by molar-refractivity contribution is -0.138. The van der Waals surface area contributed by atoms with E-state index < -0.39 is 0 Å². The summed E-state index contributed by atoms with van der Waals surface area (Å²) in [6.07, 6.45) is 5.45. The van der Waals surface area contributed by atoms with Crippen LogP contribution in [0.25, 0.3) is 5.69 Å². The summed E-state index contributed by atoms with van der Waals surface area (Å²) in [5.74, 6) is 1.77. The van der Waals surface area contributed by atoms with E-state index in [1.165, 1.54) is 0 Å². The number of rotatable bonds is 5. The Morgan fingerprint density at radius 1 is 1.03 bits per heavy atom. The van der Waals surface area contributed by atoms with Gasteiger partial charge >= 0.3 is 0 Å². The van der Waals surface area contributed by atoms with Crippen LogP contribution in [0.5, 0.6) is 11.5 Å². The van der Waals surface area contributed by atoms with Gasteiger partial charge in [-0.15, -0.1) is 0 Å². The van der Waals surface area contributed by atoms with E-state index in [1.807, 2.05) is 40.3 Å². The number of hydrogen-bond acceptors (Lipinski definition) is 5. The Balaban J connectivity index is 1.40. The van der Waals surface area contributed by atoms with Crippen molar-refractivity contribution in [3.05, 3.63) is 33.8 Å². The van der Waals surface area contributed by atoms with Crippen LogP contribution in [-0.2, 0) is 17.6 Å². The van der Waals surface area contributed by atoms with Crippen LogP contribution in [0.1, 0.15) is 61.3 Å². The summed E-state index contributed by atoms with van der Waals surface area (Å²) in [7, 11) is 1.65. The molecule has 0 N–H and O–H groups in total. The first-order valence-corrected chi connectivity index (χ1v) is 13.4. The Morgan fingerprint density at radius 2 is 1.77 bits per heavy atom. The third kappa shape index (κ3) is 4.55. The van der Waals surface area contributed by atoms with Gasteiger partial charge in [-0.1, -0.05) is 6.42 Å². The van der Waals surface area contributed by atoms with Crippen LogP contribution in [0.4, 0.5) is 0 Å². The fourth-order valence-electron chi connectivity index (χ4n) is 5.23. The smallest absolute Gasteiger partial charge is 0.274 e. The monoisotopic (exact) mass is 544 g/mol. The van der Waals surface area contributed by atoms with Crippen molar-refractivity contribution in [2.24, 2.45) is 5.92 Å². The number of methoxy groups -OCH3 is 1. The van der Waals surface area contributed by atoms with Crippen molar-refractivity contribution < 1.29 is 19.1 Å². The lowest BCUT2D eigenvalue weighted by Crippen LogP contribution is -2.41. The molecule has 1 saturated heterocycles. The van der Waals surface area contributed by atoms with Gasteiger partial charge in [0, 0.05) is 38.2 Å². The molecule has 1 saturated carbocycles. The lowest BCUT2D eigenvalue weighted by Gasteiger charge is -2.31. The highest BCUT2D eigenvalue weighted by Crippen LogP contribution is 2.39. The second-order valence-corrected chi connectivity index (χ2v) is 10.6. The van der Waals surface area contributed by atoms with E-state index in [-0.39, 0.29) is 23.8 Å². The summed E-state index contributed by atoms with van der Waals surface area (Å²) >= 11 is 3.61. The molecule has 2 fully saturated rings. The topological polar surface area (TPSA) is 76.9 Å². The summed E-state index contributed by atoms with van der Waals surface area (Å²) in [6.45, 7) is 6.46. The largest absolute Gasteiger partial charge is 0.493 e. The fraction of sp³-hybridized carbons (Fsp3) is 0.577. The number of carbonyl (C=O) groups excluding carboxylic acids is 2. The quantitative estimate of drug-likeness (QED) is 0.568. The molecule has 1 aliphatic carbocycles. The van der Waals surface area contributed by atoms with Crippen LogP contribution in [0, 0.1) is 5.92 Å². The number of ether oxygens (including phenoxy) is 2. The molecule has 0 spiro atoms. The van der Waals surface area contributed by atoms with Crippen molar-refractivity contribution in [3.63, 3.8) is 0 Å². The number of amides is 2. The zero-order chi connectivity index (χ0) is 24.7. The minimum absolute atomic E-state index is 0.00662. The van der Waals surface area contributed by atoms with Gasteiger partial charge in [-0.3, -0.25) is 14.2 Å². The van der Waals surface area contributed by atoms with Gasteiger partial charge < -0.3 is 19.3 Å². The number of hydrogen-bond donors (Lipinski definition) is 0. The highest BCUT2D eigenvalue weighted by atomic mass is 79.9. The van der Waals surface area contributed by atoms with Crippen LogP contribution >= 0.6 is 15.9 Å². The number of fused-ring (bicyclic) bond motifs is 3. The molecule has 1 aromatic carbocycles. The molecule has 0 atom stereocenters. The molecule has 0 unspecified atom stereocenters. The number of benzene rings is 1. The molecule has 3 aliphatic rings. The first-order chi connectivity index (χ1) is 16.9. The standard InChI is InChI=1S/C26H33BrN4O4/c1-16(2)35-22-15-20-18(14-21(22)34-3)8-9-19-23(28-26(27)31(19)20)25(33)30-11-5-10-29(12-13-30)24(32)17-6-4-7-17/h14-17H,4-13H2,1-3H3. The van der Waals surface area contributed by atoms with Crippen LogP contribution in [0.2, 0.25) is 0 Å². The van der Waals surface area contributed by atoms with E-state index in [0.717, 1.165) is 55.6 Å². The summed E-state index contributed by atoms with van der Waals surface area (Å²) in [6, 6.07) is 4.00. The SMILES string of the molecule is COc1cc2c(cc1OC(C)C)-n1c(Br)nc(C(=O)N3CCCN(C(=O)C4CCC4)CC3)c1CC2. The third-order valence-corrected chi connectivity index (χ3v) is 7.82. The highest BCUT2D eigenvalue weighted by Gasteiger charge is 2.33. The van der Waals surface area contributed by atoms with Crippen molar-refractivity contribution in [3.8, 4) is 17.2 Å². The summed E-state index contributed by atoms with van der Waals surface area (Å²) in [4.78, 5) is 34.8. The van der Waals surface area contributed by atoms with Crippen molar-refractivity contribution in [2.45, 2.75) is 58.5 Å². The van der Waals surface area contributed by atoms with E-state index in [9.17, 15) is 9.59 Å². The Morgan fingerprint density at radius 3 is 2.46 bits per heavy atom. The molecule has 2 aromatic rings. The normalized spacial score (nSPS) is 18.0. The van der Waals surface area contributed by atoms with Crippen molar-refractivity contribution in [1.29, 1.82) is 0 Å². The zero-order valence-electron chi connectivity index (χ0n) is 20.7. The second-order valence-electron chi connectivity index (χ2n) is 9.91. The van der Waals surface area contributed by atoms with Crippen molar-refractivity contribution >= 4 is 27.7 Å². The molecule has 1 aromatic heterocycles. The predicted octanol–water partition coefficient (Wildman–Crippen LogP) is 4.00. The zero-order valence-corrected chi connectivity index (χ0v) is 22.3. The summed E-state index contributed by atoms with van der Waals surface area (Å²) < 4.78 is 14.2. The Kier molecular flexibility index (Phi) is 6.79. The molecule has 5 rings (SSSR count). The number of imidazole rings is 1. The van der Waals surface area contributed by atoms with Gasteiger partial charge in [-0.2, -0.15) is 0 Å². The molecule has 0 radical (unpaired) electrons. The van der Waals surface area contributed by atoms with Crippen LogP contribution in [-0.4, -0.2) is 70.6 Å². The highest BCUT2D eigenvalue weighted by molar-refractivity contribution is 9.10. The minimum atomic E-state index is -0.0620. The van der Waals surface area contributed by atoms with Gasteiger partial charge in [0.05, 0.1) is 24.6 Å². The molecule has 0 bridgehead atoms. The van der Waals surface area contributed by atoms with Crippen LogP contribution in [0.15, 0.2) is 16.9 Å². The fourth-order valence-corrected chi connectivity index (χ4v) is 5.82. The van der Waals surface area contributed by atoms with Gasteiger partial charge in [0.2, 0.25) is 5.91 Å². The molecule has 2 aliphatic heterocycles. The van der Waals surface area contributed by atoms with E-state index in [4.69, 9.17) is 9.47 Å². The first kappa shape index (κ1) is 24.2. The Hall–Kier alpha value is -2.55. The molecule has 188 valence electrons. The number of aromatic nitrogens is 2. The summed E-state index contributed by atoms with van der Waals surface area (Å²) in [5, 5.41) is 0. The molecule has 35 heavy (non-hydrogen) atoms. The third-order valence-electron chi connectivity index (χ3n) is 7.28. The number of carbonyl (C=O) groups is 2. The molecule has 3 heterocycles. The van der Waals surface area contributed by atoms with E-state index in [0.29, 0.717) is 48.0 Å². The second kappa shape index (κ2) is 9.84. The van der Waals surface area contributed by atoms with Gasteiger partial charge in [-0.25, -0.2) is 4.98 Å². The van der Waals surface area contributed by atoms with E-state index >= 15 is 0 Å². The van der Waals surface area contributed by atoms with Gasteiger partial charge in [0.25, 0.3) is 5.91 Å². The molecule has 8 nitrogen and oxygen atoms in total. The van der Waals surface area contributed by atoms with Crippen LogP contribution < -0.4 is 9.47 Å². The lowest BCUT2D eigenvalue weighted by atomic mass is 9.84. The first-order valence-electron chi connectivity index (χ1n) is 12.6. The van der Waals surface area contributed by atoms with Gasteiger partial charge in [-0.05, 0) is 73.5 Å². The maximum atomic E-state index is 13.6. The van der Waals surface area contributed by atoms with Gasteiger partial charge in [0.15, 0.2) is 21.9 Å². The van der Waals surface area contributed by atoms with Gasteiger partial charge in [0.1, 0.15) is 0 Å². The van der Waals surface area contributed by atoms with Crippen molar-refractivity contribution in [2.75, 3.05) is 33.3 Å². The Bertz CT molecular complexity index is 1140. The molecular weight excluding hydrogens is 512 g/mol. The van der Waals surface area contributed by atoms with E-state index in [1.54, 1.807) is 7.11 Å². The molecule has 9 heteroatoms. The average Bonchev–Trinajstić information content (AvgIpc) is 2.96. The number of nitrogens with zero attached hydrogens (tertiary/aromatic N) is 4. The molecule has 2 amide bonds. The minimum Gasteiger partial charge on any atom is -0.493 e. The predicted molar refractivity (Wildman–Crippen MR) is 135 cm³/mol. The van der Waals surface area contributed by atoms with E-state index in [2.05, 4.69) is 20.9 Å². The maximum Gasteiger partial charge on any atom is 0.274 e. The summed E-state index contributed by atoms with van der Waals surface area (Å²) in [5.41, 5.74) is 3.47. The maximum absolute atomic E-state index is 13.6. The number of aryl methyl sites for hydroxylation is 1. The average molecular weight is 545 g/mol. The van der Waals surface area contributed by atoms with Crippen molar-refractivity contribution in [1.82, 2.24) is 19.4 Å².